The summed E-state index contributed by atoms with van der Waals surface area (Å²) in [6.45, 7) is 0.428. The van der Waals surface area contributed by atoms with Gasteiger partial charge in [0.25, 0.3) is 0 Å². The highest BCUT2D eigenvalue weighted by Crippen LogP contribution is 2.42. The van der Waals surface area contributed by atoms with E-state index in [1.54, 1.807) is 7.05 Å². The Morgan fingerprint density at radius 1 is 1.53 bits per heavy atom. The number of alkyl halides is 3. The molecule has 0 bridgehead atoms. The van der Waals surface area contributed by atoms with Crippen LogP contribution in [0.1, 0.15) is 10.4 Å². The number of fused-ring (bicyclic) bond motifs is 1. The van der Waals surface area contributed by atoms with Gasteiger partial charge in [0.05, 0.1) is 0 Å². The number of halogens is 3. The van der Waals surface area contributed by atoms with Crippen molar-refractivity contribution < 1.29 is 17.9 Å². The summed E-state index contributed by atoms with van der Waals surface area (Å²) in [6.07, 6.45) is -3.89. The van der Waals surface area contributed by atoms with Gasteiger partial charge < -0.3 is 10.1 Å². The van der Waals surface area contributed by atoms with E-state index in [1.807, 2.05) is 0 Å². The Morgan fingerprint density at radius 2 is 2.27 bits per heavy atom. The highest BCUT2D eigenvalue weighted by Gasteiger charge is 2.38. The first-order valence-corrected chi connectivity index (χ1v) is 5.38. The molecule has 1 atom stereocenters. The number of rotatable bonds is 1. The highest BCUT2D eigenvalue weighted by atomic mass is 32.1. The van der Waals surface area contributed by atoms with Crippen LogP contribution in [-0.4, -0.2) is 19.7 Å². The molecule has 15 heavy (non-hydrogen) atoms. The van der Waals surface area contributed by atoms with Gasteiger partial charge in [-0.15, -0.1) is 11.3 Å². The summed E-state index contributed by atoms with van der Waals surface area (Å²) < 4.78 is 43.0. The van der Waals surface area contributed by atoms with Crippen LogP contribution in [0.4, 0.5) is 13.2 Å². The van der Waals surface area contributed by atoms with Crippen LogP contribution in [-0.2, 0) is 12.6 Å². The van der Waals surface area contributed by atoms with Crippen LogP contribution in [0.15, 0.2) is 5.38 Å². The second-order valence-corrected chi connectivity index (χ2v) is 4.29. The van der Waals surface area contributed by atoms with E-state index < -0.39 is 11.1 Å². The van der Waals surface area contributed by atoms with E-state index in [4.69, 9.17) is 4.74 Å². The summed E-state index contributed by atoms with van der Waals surface area (Å²) >= 11 is 0.707. The largest absolute Gasteiger partial charge is 0.491 e. The molecule has 1 unspecified atom stereocenters. The van der Waals surface area contributed by atoms with Crippen molar-refractivity contribution in [2.75, 3.05) is 13.7 Å². The van der Waals surface area contributed by atoms with Crippen molar-refractivity contribution in [3.8, 4) is 5.75 Å². The topological polar surface area (TPSA) is 21.3 Å². The summed E-state index contributed by atoms with van der Waals surface area (Å²) in [5.41, 5.74) is 0.290. The predicted molar refractivity (Wildman–Crippen MR) is 51.4 cm³/mol. The van der Waals surface area contributed by atoms with Gasteiger partial charge in [-0.1, -0.05) is 0 Å². The number of thiophene rings is 1. The van der Waals surface area contributed by atoms with Gasteiger partial charge in [-0.2, -0.15) is 13.2 Å². The monoisotopic (exact) mass is 237 g/mol. The standard InChI is InChI=1S/C9H10F3NOS/c1-13-5-2-6-7(14-3-5)4-15-8(6)9(10,11)12/h4-5,13H,2-3H2,1H3. The van der Waals surface area contributed by atoms with Gasteiger partial charge in [-0.25, -0.2) is 0 Å². The Morgan fingerprint density at radius 3 is 2.87 bits per heavy atom. The quantitative estimate of drug-likeness (QED) is 0.809. The van der Waals surface area contributed by atoms with Crippen LogP contribution in [0.3, 0.4) is 0 Å². The number of nitrogens with one attached hydrogen (secondary N) is 1. The van der Waals surface area contributed by atoms with Gasteiger partial charge in [-0.05, 0) is 13.5 Å². The first-order valence-electron chi connectivity index (χ1n) is 4.50. The summed E-state index contributed by atoms with van der Waals surface area (Å²) in [4.78, 5) is -0.530. The smallest absolute Gasteiger partial charge is 0.426 e. The maximum Gasteiger partial charge on any atom is 0.426 e. The fourth-order valence-corrected chi connectivity index (χ4v) is 2.50. The minimum absolute atomic E-state index is 0.0341. The molecular weight excluding hydrogens is 227 g/mol. The van der Waals surface area contributed by atoms with Gasteiger partial charge in [0.1, 0.15) is 17.2 Å². The van der Waals surface area contributed by atoms with Crippen LogP contribution in [0.25, 0.3) is 0 Å². The van der Waals surface area contributed by atoms with Crippen molar-refractivity contribution in [1.82, 2.24) is 5.32 Å². The van der Waals surface area contributed by atoms with E-state index in [9.17, 15) is 13.2 Å². The van der Waals surface area contributed by atoms with Crippen LogP contribution in [0.5, 0.6) is 5.75 Å². The van der Waals surface area contributed by atoms with E-state index in [0.717, 1.165) is 0 Å². The van der Waals surface area contributed by atoms with E-state index in [-0.39, 0.29) is 11.6 Å². The Balaban J connectivity index is 2.34. The first-order chi connectivity index (χ1) is 7.02. The van der Waals surface area contributed by atoms with Crippen molar-refractivity contribution in [3.63, 3.8) is 0 Å². The SMILES string of the molecule is CNC1COc2csc(C(F)(F)F)c2C1. The Kier molecular flexibility index (Phi) is 2.64. The van der Waals surface area contributed by atoms with Crippen LogP contribution in [0, 0.1) is 0 Å². The lowest BCUT2D eigenvalue weighted by Crippen LogP contribution is -2.37. The minimum Gasteiger partial charge on any atom is -0.491 e. The third kappa shape index (κ3) is 1.96. The summed E-state index contributed by atoms with van der Waals surface area (Å²) in [7, 11) is 1.72. The lowest BCUT2D eigenvalue weighted by atomic mass is 10.0. The van der Waals surface area contributed by atoms with E-state index >= 15 is 0 Å². The zero-order valence-corrected chi connectivity index (χ0v) is 8.84. The zero-order valence-electron chi connectivity index (χ0n) is 8.02. The third-order valence-electron chi connectivity index (χ3n) is 2.41. The lowest BCUT2D eigenvalue weighted by molar-refractivity contribution is -0.135. The number of ether oxygens (including phenoxy) is 1. The molecule has 84 valence electrons. The minimum atomic E-state index is -4.27. The average molecular weight is 237 g/mol. The van der Waals surface area contributed by atoms with Crippen molar-refractivity contribution in [1.29, 1.82) is 0 Å². The van der Waals surface area contributed by atoms with Crippen molar-refractivity contribution in [2.45, 2.75) is 18.6 Å². The molecule has 1 aromatic heterocycles. The zero-order chi connectivity index (χ0) is 11.1. The van der Waals surface area contributed by atoms with Gasteiger partial charge in [0, 0.05) is 17.0 Å². The molecule has 1 aliphatic rings. The molecule has 2 nitrogen and oxygen atoms in total. The lowest BCUT2D eigenvalue weighted by Gasteiger charge is -2.23. The maximum absolute atomic E-state index is 12.6. The third-order valence-corrected chi connectivity index (χ3v) is 3.46. The molecule has 1 N–H and O–H groups in total. The second kappa shape index (κ2) is 3.68. The van der Waals surface area contributed by atoms with Gasteiger partial charge in [-0.3, -0.25) is 0 Å². The molecular formula is C9H10F3NOS. The average Bonchev–Trinajstić information content (AvgIpc) is 2.59. The molecule has 1 aromatic rings. The molecule has 0 aliphatic carbocycles. The molecule has 0 saturated heterocycles. The Hall–Kier alpha value is -0.750. The number of hydrogen-bond acceptors (Lipinski definition) is 3. The molecule has 2 heterocycles. The summed E-state index contributed by atoms with van der Waals surface area (Å²) in [5, 5.41) is 4.36. The Labute approximate surface area is 89.1 Å². The molecule has 0 radical (unpaired) electrons. The normalized spacial score (nSPS) is 20.9. The van der Waals surface area contributed by atoms with E-state index in [1.165, 1.54) is 5.38 Å². The van der Waals surface area contributed by atoms with Gasteiger partial charge >= 0.3 is 6.18 Å². The number of hydrogen-bond donors (Lipinski definition) is 1. The number of likely N-dealkylation sites (N-methyl/N-ethyl adjacent to an activating group) is 1. The molecule has 2 rings (SSSR count). The maximum atomic E-state index is 12.6. The predicted octanol–water partition coefficient (Wildman–Crippen LogP) is 2.29. The van der Waals surface area contributed by atoms with Crippen LogP contribution in [0.2, 0.25) is 0 Å². The molecule has 0 saturated carbocycles. The van der Waals surface area contributed by atoms with Crippen LogP contribution >= 0.6 is 11.3 Å². The molecule has 0 aromatic carbocycles. The molecule has 0 amide bonds. The molecule has 0 fully saturated rings. The molecule has 1 aliphatic heterocycles. The van der Waals surface area contributed by atoms with E-state index in [2.05, 4.69) is 5.32 Å². The van der Waals surface area contributed by atoms with Crippen molar-refractivity contribution >= 4 is 11.3 Å². The van der Waals surface area contributed by atoms with Crippen LogP contribution < -0.4 is 10.1 Å². The first kappa shape index (κ1) is 10.8. The molecule has 6 heteroatoms. The molecule has 0 spiro atoms. The van der Waals surface area contributed by atoms with Crippen molar-refractivity contribution in [3.05, 3.63) is 15.8 Å². The highest BCUT2D eigenvalue weighted by molar-refractivity contribution is 7.10. The van der Waals surface area contributed by atoms with Gasteiger partial charge in [0.2, 0.25) is 0 Å². The fourth-order valence-electron chi connectivity index (χ4n) is 1.60. The van der Waals surface area contributed by atoms with E-state index in [0.29, 0.717) is 30.1 Å². The van der Waals surface area contributed by atoms with Gasteiger partial charge in [0.15, 0.2) is 0 Å². The summed E-state index contributed by atoms with van der Waals surface area (Å²) in [6, 6.07) is -0.0341. The fraction of sp³-hybridized carbons (Fsp3) is 0.556. The Bertz CT molecular complexity index is 361. The van der Waals surface area contributed by atoms with Crippen molar-refractivity contribution in [2.24, 2.45) is 0 Å². The summed E-state index contributed by atoms with van der Waals surface area (Å²) in [5.74, 6) is 0.388. The second-order valence-electron chi connectivity index (χ2n) is 3.41.